The normalized spacial score (nSPS) is 14.7. The topological polar surface area (TPSA) is 78.5 Å². The molecule has 166 valence electrons. The molecule has 1 heterocycles. The zero-order valence-corrected chi connectivity index (χ0v) is 20.6. The van der Waals surface area contributed by atoms with Crippen molar-refractivity contribution >= 4 is 68.0 Å². The van der Waals surface area contributed by atoms with Crippen molar-refractivity contribution in [2.24, 2.45) is 0 Å². The zero-order valence-electron chi connectivity index (χ0n) is 17.4. The first-order chi connectivity index (χ1) is 15.4. The number of thioether (sulfide) groups is 1. The second kappa shape index (κ2) is 11.4. The van der Waals surface area contributed by atoms with Crippen LogP contribution in [-0.4, -0.2) is 33.5 Å². The molecule has 0 saturated carbocycles. The van der Waals surface area contributed by atoms with Crippen molar-refractivity contribution < 1.29 is 14.4 Å². The lowest BCUT2D eigenvalue weighted by Gasteiger charge is -2.14. The third-order valence-electron chi connectivity index (χ3n) is 4.77. The van der Waals surface area contributed by atoms with Crippen LogP contribution in [0.15, 0.2) is 57.9 Å². The monoisotopic (exact) mass is 531 g/mol. The standard InChI is InChI=1S/C23H22BrN3O3S2/c1-2-15-5-7-16(8-6-15)14-19-22(30)27(23(31)32-19)13-3-4-20(28)25-26-21(29)17-9-11-18(24)12-10-17/h5-12,14H,2-4,13H2,1H3,(H,25,28)(H,26,29)/b19-14-. The number of aryl methyl sites for hydroxylation is 1. The molecule has 1 saturated heterocycles. The quantitative estimate of drug-likeness (QED) is 0.313. The molecule has 2 aromatic carbocycles. The first-order valence-corrected chi connectivity index (χ1v) is 12.1. The minimum atomic E-state index is -0.403. The highest BCUT2D eigenvalue weighted by molar-refractivity contribution is 9.10. The van der Waals surface area contributed by atoms with Gasteiger partial charge in [0.05, 0.1) is 4.91 Å². The average molecular weight is 532 g/mol. The third-order valence-corrected chi connectivity index (χ3v) is 6.67. The predicted molar refractivity (Wildman–Crippen MR) is 135 cm³/mol. The van der Waals surface area contributed by atoms with Crippen LogP contribution in [-0.2, 0) is 16.0 Å². The maximum absolute atomic E-state index is 12.7. The van der Waals surface area contributed by atoms with E-state index in [0.29, 0.717) is 27.8 Å². The van der Waals surface area contributed by atoms with Gasteiger partial charge in [-0.1, -0.05) is 71.1 Å². The molecule has 2 N–H and O–H groups in total. The average Bonchev–Trinajstić information content (AvgIpc) is 3.05. The Hall–Kier alpha value is -2.49. The number of rotatable bonds is 7. The lowest BCUT2D eigenvalue weighted by molar-refractivity contribution is -0.124. The molecule has 6 nitrogen and oxygen atoms in total. The van der Waals surface area contributed by atoms with E-state index in [1.807, 2.05) is 30.3 Å². The first kappa shape index (κ1) is 24.2. The summed E-state index contributed by atoms with van der Waals surface area (Å²) >= 11 is 9.91. The molecule has 3 rings (SSSR count). The maximum Gasteiger partial charge on any atom is 0.269 e. The molecule has 1 fully saturated rings. The molecule has 32 heavy (non-hydrogen) atoms. The Labute approximate surface area is 204 Å². The molecule has 0 spiro atoms. The van der Waals surface area contributed by atoms with Gasteiger partial charge < -0.3 is 0 Å². The van der Waals surface area contributed by atoms with Gasteiger partial charge in [-0.15, -0.1) is 0 Å². The Kier molecular flexibility index (Phi) is 8.60. The van der Waals surface area contributed by atoms with Crippen LogP contribution in [0.25, 0.3) is 6.08 Å². The number of carbonyl (C=O) groups excluding carboxylic acids is 3. The fourth-order valence-corrected chi connectivity index (χ4v) is 4.53. The largest absolute Gasteiger partial charge is 0.293 e. The van der Waals surface area contributed by atoms with Gasteiger partial charge >= 0.3 is 0 Å². The fourth-order valence-electron chi connectivity index (χ4n) is 2.95. The highest BCUT2D eigenvalue weighted by Crippen LogP contribution is 2.32. The number of hydrogen-bond acceptors (Lipinski definition) is 5. The molecule has 0 radical (unpaired) electrons. The van der Waals surface area contributed by atoms with Crippen molar-refractivity contribution in [1.82, 2.24) is 15.8 Å². The number of amides is 3. The second-order valence-corrected chi connectivity index (χ2v) is 9.63. The van der Waals surface area contributed by atoms with Crippen molar-refractivity contribution in [3.63, 3.8) is 0 Å². The molecule has 0 aromatic heterocycles. The molecule has 0 aliphatic carbocycles. The van der Waals surface area contributed by atoms with Crippen LogP contribution in [0.3, 0.4) is 0 Å². The summed E-state index contributed by atoms with van der Waals surface area (Å²) in [4.78, 5) is 38.9. The van der Waals surface area contributed by atoms with E-state index in [4.69, 9.17) is 12.2 Å². The lowest BCUT2D eigenvalue weighted by atomic mass is 10.1. The Balaban J connectivity index is 1.45. The molecule has 9 heteroatoms. The van der Waals surface area contributed by atoms with Crippen LogP contribution in [0.2, 0.25) is 0 Å². The number of hydrazine groups is 1. The summed E-state index contributed by atoms with van der Waals surface area (Å²) in [5.74, 6) is -0.893. The van der Waals surface area contributed by atoms with Crippen LogP contribution in [0.4, 0.5) is 0 Å². The van der Waals surface area contributed by atoms with Gasteiger partial charge in [0.25, 0.3) is 11.8 Å². The maximum atomic E-state index is 12.7. The molecule has 3 amide bonds. The molecule has 1 aliphatic heterocycles. The molecule has 0 unspecified atom stereocenters. The lowest BCUT2D eigenvalue weighted by Crippen LogP contribution is -2.41. The van der Waals surface area contributed by atoms with Gasteiger partial charge in [-0.05, 0) is 54.3 Å². The number of thiocarbonyl (C=S) groups is 1. The van der Waals surface area contributed by atoms with E-state index in [-0.39, 0.29) is 18.2 Å². The van der Waals surface area contributed by atoms with Gasteiger partial charge in [0.2, 0.25) is 5.91 Å². The van der Waals surface area contributed by atoms with Gasteiger partial charge in [-0.2, -0.15) is 0 Å². The van der Waals surface area contributed by atoms with Gasteiger partial charge in [0, 0.05) is 23.0 Å². The molecule has 1 aliphatic rings. The van der Waals surface area contributed by atoms with E-state index in [9.17, 15) is 14.4 Å². The Morgan fingerprint density at radius 2 is 1.78 bits per heavy atom. The molecule has 0 bridgehead atoms. The summed E-state index contributed by atoms with van der Waals surface area (Å²) in [5, 5.41) is 0. The van der Waals surface area contributed by atoms with E-state index in [1.165, 1.54) is 22.2 Å². The summed E-state index contributed by atoms with van der Waals surface area (Å²) in [6.07, 6.45) is 3.37. The van der Waals surface area contributed by atoms with E-state index in [1.54, 1.807) is 24.3 Å². The SMILES string of the molecule is CCc1ccc(/C=C2\SC(=S)N(CCCC(=O)NNC(=O)c3ccc(Br)cc3)C2=O)cc1. The van der Waals surface area contributed by atoms with E-state index in [2.05, 4.69) is 33.7 Å². The molecule has 2 aromatic rings. The van der Waals surface area contributed by atoms with Crippen molar-refractivity contribution in [2.45, 2.75) is 26.2 Å². The van der Waals surface area contributed by atoms with Crippen LogP contribution in [0.5, 0.6) is 0 Å². The number of nitrogens with zero attached hydrogens (tertiary/aromatic N) is 1. The Bertz CT molecular complexity index is 1050. The van der Waals surface area contributed by atoms with E-state index in [0.717, 1.165) is 16.5 Å². The highest BCUT2D eigenvalue weighted by Gasteiger charge is 2.31. The zero-order chi connectivity index (χ0) is 23.1. The summed E-state index contributed by atoms with van der Waals surface area (Å²) in [6.45, 7) is 2.43. The van der Waals surface area contributed by atoms with E-state index >= 15 is 0 Å². The van der Waals surface area contributed by atoms with Crippen molar-refractivity contribution in [3.8, 4) is 0 Å². The first-order valence-electron chi connectivity index (χ1n) is 10.1. The van der Waals surface area contributed by atoms with Gasteiger partial charge in [-0.3, -0.25) is 30.1 Å². The van der Waals surface area contributed by atoms with Crippen LogP contribution < -0.4 is 10.9 Å². The molecular weight excluding hydrogens is 510 g/mol. The number of halogens is 1. The number of carbonyl (C=O) groups is 3. The predicted octanol–water partition coefficient (Wildman–Crippen LogP) is 4.45. The van der Waals surface area contributed by atoms with Crippen molar-refractivity contribution in [1.29, 1.82) is 0 Å². The van der Waals surface area contributed by atoms with Gasteiger partial charge in [0.15, 0.2) is 0 Å². The highest BCUT2D eigenvalue weighted by atomic mass is 79.9. The summed E-state index contributed by atoms with van der Waals surface area (Å²) in [5.41, 5.74) is 7.39. The van der Waals surface area contributed by atoms with Gasteiger partial charge in [0.1, 0.15) is 4.32 Å². The minimum Gasteiger partial charge on any atom is -0.293 e. The summed E-state index contributed by atoms with van der Waals surface area (Å²) < 4.78 is 1.34. The molecular formula is C23H22BrN3O3S2. The molecule has 0 atom stereocenters. The third kappa shape index (κ3) is 6.51. The van der Waals surface area contributed by atoms with Gasteiger partial charge in [-0.25, -0.2) is 0 Å². The van der Waals surface area contributed by atoms with Crippen LogP contribution in [0.1, 0.15) is 41.3 Å². The number of nitrogens with one attached hydrogen (secondary N) is 2. The smallest absolute Gasteiger partial charge is 0.269 e. The number of hydrogen-bond donors (Lipinski definition) is 2. The number of benzene rings is 2. The minimum absolute atomic E-state index is 0.148. The fraction of sp³-hybridized carbons (Fsp3) is 0.217. The Morgan fingerprint density at radius 3 is 2.44 bits per heavy atom. The Morgan fingerprint density at radius 1 is 1.09 bits per heavy atom. The second-order valence-electron chi connectivity index (χ2n) is 7.04. The summed E-state index contributed by atoms with van der Waals surface area (Å²) in [6, 6.07) is 14.8. The van der Waals surface area contributed by atoms with Crippen molar-refractivity contribution in [3.05, 3.63) is 74.6 Å². The van der Waals surface area contributed by atoms with Crippen molar-refractivity contribution in [2.75, 3.05) is 6.54 Å². The van der Waals surface area contributed by atoms with E-state index < -0.39 is 5.91 Å². The van der Waals surface area contributed by atoms with Crippen LogP contribution in [0, 0.1) is 0 Å². The van der Waals surface area contributed by atoms with Crippen LogP contribution >= 0.6 is 39.9 Å². The summed E-state index contributed by atoms with van der Waals surface area (Å²) in [7, 11) is 0.